The topological polar surface area (TPSA) is 96.3 Å². The molecule has 9 nitrogen and oxygen atoms in total. The normalized spacial score (nSPS) is 12.6. The van der Waals surface area contributed by atoms with Crippen molar-refractivity contribution < 1.29 is 33.3 Å². The van der Waals surface area contributed by atoms with E-state index in [2.05, 4.69) is 0 Å². The highest BCUT2D eigenvalue weighted by atomic mass is 16.5. The van der Waals surface area contributed by atoms with E-state index in [1.54, 1.807) is 54.1 Å². The SMILES string of the molecule is COc1ccc2c(N3C(=O)c4ccccc4C3=O)c(C(=O)c3cc(OC)c(OC)c(OC)c3)n(C)c2c1. The highest BCUT2D eigenvalue weighted by Crippen LogP contribution is 2.43. The molecule has 2 heterocycles. The van der Waals surface area contributed by atoms with Crippen molar-refractivity contribution in [2.45, 2.75) is 0 Å². The van der Waals surface area contributed by atoms with E-state index >= 15 is 0 Å². The first-order valence-electron chi connectivity index (χ1n) is 11.3. The van der Waals surface area contributed by atoms with Crippen molar-refractivity contribution in [2.24, 2.45) is 7.05 Å². The molecule has 0 fully saturated rings. The van der Waals surface area contributed by atoms with E-state index in [9.17, 15) is 14.4 Å². The number of fused-ring (bicyclic) bond motifs is 2. The maximum absolute atomic E-state index is 14.1. The number of benzene rings is 3. The molecule has 188 valence electrons. The molecule has 0 atom stereocenters. The molecule has 0 saturated heterocycles. The number of methoxy groups -OCH3 is 4. The fraction of sp³-hybridized carbons (Fsp3) is 0.179. The lowest BCUT2D eigenvalue weighted by atomic mass is 10.0. The summed E-state index contributed by atoms with van der Waals surface area (Å²) in [7, 11) is 7.63. The van der Waals surface area contributed by atoms with Gasteiger partial charge in [-0.15, -0.1) is 0 Å². The molecule has 0 saturated carbocycles. The molecule has 4 aromatic rings. The zero-order chi connectivity index (χ0) is 26.4. The van der Waals surface area contributed by atoms with E-state index in [1.807, 2.05) is 0 Å². The minimum Gasteiger partial charge on any atom is -0.497 e. The summed E-state index contributed by atoms with van der Waals surface area (Å²) in [6, 6.07) is 14.9. The van der Waals surface area contributed by atoms with E-state index in [4.69, 9.17) is 18.9 Å². The number of ether oxygens (including phenoxy) is 4. The summed E-state index contributed by atoms with van der Waals surface area (Å²) in [5, 5.41) is 0.550. The van der Waals surface area contributed by atoms with Crippen LogP contribution in [0.3, 0.4) is 0 Å². The third-order valence-corrected chi connectivity index (χ3v) is 6.54. The number of carbonyl (C=O) groups excluding carboxylic acids is 3. The molecular weight excluding hydrogens is 476 g/mol. The molecule has 5 rings (SSSR count). The Labute approximate surface area is 212 Å². The third-order valence-electron chi connectivity index (χ3n) is 6.54. The molecule has 1 aromatic heterocycles. The first kappa shape index (κ1) is 23.9. The average molecular weight is 501 g/mol. The van der Waals surface area contributed by atoms with Gasteiger partial charge in [0.05, 0.1) is 50.8 Å². The molecule has 3 aromatic carbocycles. The molecule has 0 aliphatic carbocycles. The number of amides is 2. The van der Waals surface area contributed by atoms with Gasteiger partial charge in [-0.25, -0.2) is 4.90 Å². The Balaban J connectivity index is 1.78. The van der Waals surface area contributed by atoms with Gasteiger partial charge in [-0.1, -0.05) is 12.1 Å². The second kappa shape index (κ2) is 9.02. The lowest BCUT2D eigenvalue weighted by Gasteiger charge is -2.17. The van der Waals surface area contributed by atoms with Crippen molar-refractivity contribution in [3.05, 3.63) is 77.0 Å². The van der Waals surface area contributed by atoms with Crippen LogP contribution in [0.2, 0.25) is 0 Å². The van der Waals surface area contributed by atoms with Crippen LogP contribution in [0, 0.1) is 0 Å². The van der Waals surface area contributed by atoms with Gasteiger partial charge >= 0.3 is 0 Å². The molecule has 0 unspecified atom stereocenters. The molecule has 1 aliphatic rings. The molecular formula is C28H24N2O7. The number of carbonyl (C=O) groups is 3. The Kier molecular flexibility index (Phi) is 5.83. The summed E-state index contributed by atoms with van der Waals surface area (Å²) < 4.78 is 23.3. The van der Waals surface area contributed by atoms with E-state index in [1.165, 1.54) is 40.6 Å². The minimum atomic E-state index is -0.497. The second-order valence-electron chi connectivity index (χ2n) is 8.37. The highest BCUT2D eigenvalue weighted by Gasteiger charge is 2.41. The van der Waals surface area contributed by atoms with E-state index < -0.39 is 17.6 Å². The zero-order valence-corrected chi connectivity index (χ0v) is 20.9. The van der Waals surface area contributed by atoms with Crippen molar-refractivity contribution in [3.63, 3.8) is 0 Å². The second-order valence-corrected chi connectivity index (χ2v) is 8.37. The van der Waals surface area contributed by atoms with Gasteiger partial charge in [-0.2, -0.15) is 0 Å². The summed E-state index contributed by atoms with van der Waals surface area (Å²) in [5.41, 5.74) is 1.75. The van der Waals surface area contributed by atoms with Crippen LogP contribution in [0.25, 0.3) is 10.9 Å². The zero-order valence-electron chi connectivity index (χ0n) is 20.9. The minimum absolute atomic E-state index is 0.145. The quantitative estimate of drug-likeness (QED) is 0.277. The van der Waals surface area contributed by atoms with Crippen molar-refractivity contribution >= 4 is 34.2 Å². The molecule has 37 heavy (non-hydrogen) atoms. The Hall–Kier alpha value is -4.79. The van der Waals surface area contributed by atoms with E-state index in [-0.39, 0.29) is 28.1 Å². The molecule has 0 spiro atoms. The van der Waals surface area contributed by atoms with Crippen LogP contribution in [0.1, 0.15) is 36.8 Å². The van der Waals surface area contributed by atoms with Crippen LogP contribution in [0.4, 0.5) is 5.69 Å². The number of aromatic nitrogens is 1. The highest BCUT2D eigenvalue weighted by molar-refractivity contribution is 6.38. The van der Waals surface area contributed by atoms with Crippen molar-refractivity contribution in [3.8, 4) is 23.0 Å². The van der Waals surface area contributed by atoms with Crippen LogP contribution in [-0.4, -0.2) is 50.6 Å². The Morgan fingerprint density at radius 3 is 1.86 bits per heavy atom. The fourth-order valence-corrected chi connectivity index (χ4v) is 4.75. The summed E-state index contributed by atoms with van der Waals surface area (Å²) in [6.07, 6.45) is 0. The number of hydrogen-bond acceptors (Lipinski definition) is 7. The van der Waals surface area contributed by atoms with Gasteiger partial charge < -0.3 is 23.5 Å². The van der Waals surface area contributed by atoms with Crippen molar-refractivity contribution in [2.75, 3.05) is 33.3 Å². The summed E-state index contributed by atoms with van der Waals surface area (Å²) >= 11 is 0. The monoisotopic (exact) mass is 500 g/mol. The molecule has 0 bridgehead atoms. The van der Waals surface area contributed by atoms with Crippen LogP contribution >= 0.6 is 0 Å². The van der Waals surface area contributed by atoms with Gasteiger partial charge in [0.15, 0.2) is 11.5 Å². The molecule has 0 N–H and O–H groups in total. The largest absolute Gasteiger partial charge is 0.497 e. The number of hydrogen-bond donors (Lipinski definition) is 0. The van der Waals surface area contributed by atoms with Crippen LogP contribution < -0.4 is 23.8 Å². The van der Waals surface area contributed by atoms with Crippen molar-refractivity contribution in [1.29, 1.82) is 0 Å². The standard InChI is InChI=1S/C28H24N2O7/c1-29-20-14-16(34-2)10-11-19(20)23(30-27(32)17-8-6-7-9-18(17)28(30)33)24(29)25(31)15-12-21(35-3)26(37-5)22(13-15)36-4/h6-14H,1-5H3. The summed E-state index contributed by atoms with van der Waals surface area (Å²) in [6.45, 7) is 0. The predicted octanol–water partition coefficient (Wildman–Crippen LogP) is 4.24. The maximum atomic E-state index is 14.1. The average Bonchev–Trinajstić information content (AvgIpc) is 3.36. The van der Waals surface area contributed by atoms with Gasteiger partial charge in [-0.3, -0.25) is 14.4 Å². The molecule has 1 aliphatic heterocycles. The first-order valence-corrected chi connectivity index (χ1v) is 11.3. The predicted molar refractivity (Wildman–Crippen MR) is 137 cm³/mol. The first-order chi connectivity index (χ1) is 17.9. The smallest absolute Gasteiger partial charge is 0.266 e. The van der Waals surface area contributed by atoms with Crippen LogP contribution in [-0.2, 0) is 7.05 Å². The lowest BCUT2D eigenvalue weighted by Crippen LogP contribution is -2.31. The Morgan fingerprint density at radius 2 is 1.35 bits per heavy atom. The maximum Gasteiger partial charge on any atom is 0.266 e. The number of rotatable bonds is 7. The summed E-state index contributed by atoms with van der Waals surface area (Å²) in [5.74, 6) is 0.0627. The van der Waals surface area contributed by atoms with Gasteiger partial charge in [0.1, 0.15) is 11.4 Å². The van der Waals surface area contributed by atoms with E-state index in [0.717, 1.165) is 4.90 Å². The fourth-order valence-electron chi connectivity index (χ4n) is 4.75. The number of anilines is 1. The van der Waals surface area contributed by atoms with E-state index in [0.29, 0.717) is 33.9 Å². The van der Waals surface area contributed by atoms with Crippen molar-refractivity contribution in [1.82, 2.24) is 4.57 Å². The van der Waals surface area contributed by atoms with Crippen LogP contribution in [0.5, 0.6) is 23.0 Å². The number of aryl methyl sites for hydroxylation is 1. The van der Waals surface area contributed by atoms with Gasteiger partial charge in [0, 0.05) is 24.1 Å². The summed E-state index contributed by atoms with van der Waals surface area (Å²) in [4.78, 5) is 42.2. The third kappa shape index (κ3) is 3.50. The number of imide groups is 1. The molecule has 9 heteroatoms. The Morgan fingerprint density at radius 1 is 0.757 bits per heavy atom. The molecule has 2 amide bonds. The van der Waals surface area contributed by atoms with Gasteiger partial charge in [0.25, 0.3) is 11.8 Å². The molecule has 0 radical (unpaired) electrons. The lowest BCUT2D eigenvalue weighted by molar-refractivity contribution is 0.0926. The van der Waals surface area contributed by atoms with Gasteiger partial charge in [0.2, 0.25) is 11.5 Å². The number of nitrogens with zero attached hydrogens (tertiary/aromatic N) is 2. The number of ketones is 1. The van der Waals surface area contributed by atoms with Gasteiger partial charge in [-0.05, 0) is 36.4 Å². The Bertz CT molecular complexity index is 1540. The van der Waals surface area contributed by atoms with Crippen LogP contribution in [0.15, 0.2) is 54.6 Å².